The topological polar surface area (TPSA) is 28.7 Å². The summed E-state index contributed by atoms with van der Waals surface area (Å²) in [6, 6.07) is 6.42. The lowest BCUT2D eigenvalue weighted by atomic mass is 10.1. The zero-order valence-electron chi connectivity index (χ0n) is 9.04. The van der Waals surface area contributed by atoms with Gasteiger partial charge in [0, 0.05) is 11.1 Å². The highest BCUT2D eigenvalue weighted by Gasteiger charge is 2.06. The predicted octanol–water partition coefficient (Wildman–Crippen LogP) is 3.56. The summed E-state index contributed by atoms with van der Waals surface area (Å²) in [6.07, 6.45) is 0. The molecule has 1 aromatic carbocycles. The van der Waals surface area contributed by atoms with Crippen LogP contribution in [0.25, 0.3) is 11.3 Å². The quantitative estimate of drug-likeness (QED) is 0.764. The lowest BCUT2D eigenvalue weighted by Gasteiger charge is -2.07. The SMILES string of the molecule is Cc1nc(=S)c(C)c(-c2cccc(F)c2)[nH]1. The van der Waals surface area contributed by atoms with Crippen molar-refractivity contribution in [1.82, 2.24) is 9.97 Å². The number of hydrogen-bond acceptors (Lipinski definition) is 2. The number of nitrogens with zero attached hydrogens (tertiary/aromatic N) is 1. The summed E-state index contributed by atoms with van der Waals surface area (Å²) in [4.78, 5) is 7.26. The zero-order valence-corrected chi connectivity index (χ0v) is 9.86. The molecule has 1 heterocycles. The highest BCUT2D eigenvalue weighted by atomic mass is 32.1. The van der Waals surface area contributed by atoms with Gasteiger partial charge in [0.2, 0.25) is 0 Å². The van der Waals surface area contributed by atoms with Crippen LogP contribution in [0.4, 0.5) is 4.39 Å². The number of hydrogen-bond donors (Lipinski definition) is 1. The standard InChI is InChI=1S/C12H11FN2S/c1-7-11(14-8(2)15-12(7)16)9-4-3-5-10(13)6-9/h3-6H,1-2H3,(H,14,15,16). The molecule has 1 aromatic heterocycles. The Balaban J connectivity index is 2.69. The van der Waals surface area contributed by atoms with Gasteiger partial charge in [-0.3, -0.25) is 0 Å². The minimum atomic E-state index is -0.259. The van der Waals surface area contributed by atoms with E-state index in [-0.39, 0.29) is 5.82 Å². The molecular formula is C12H11FN2S. The van der Waals surface area contributed by atoms with Gasteiger partial charge in [0.25, 0.3) is 0 Å². The molecule has 0 aliphatic carbocycles. The minimum absolute atomic E-state index is 0.259. The van der Waals surface area contributed by atoms with Crippen LogP contribution >= 0.6 is 12.2 Å². The average Bonchev–Trinajstić information content (AvgIpc) is 2.23. The van der Waals surface area contributed by atoms with Crippen molar-refractivity contribution >= 4 is 12.2 Å². The number of aryl methyl sites for hydroxylation is 1. The number of rotatable bonds is 1. The van der Waals surface area contributed by atoms with E-state index in [0.717, 1.165) is 22.6 Å². The van der Waals surface area contributed by atoms with Crippen molar-refractivity contribution in [2.45, 2.75) is 13.8 Å². The fourth-order valence-electron chi connectivity index (χ4n) is 1.58. The predicted molar refractivity (Wildman–Crippen MR) is 64.3 cm³/mol. The molecule has 16 heavy (non-hydrogen) atoms. The molecule has 0 saturated heterocycles. The maximum absolute atomic E-state index is 13.1. The highest BCUT2D eigenvalue weighted by molar-refractivity contribution is 7.71. The molecular weight excluding hydrogens is 223 g/mol. The molecule has 0 spiro atoms. The Morgan fingerprint density at radius 2 is 2.06 bits per heavy atom. The van der Waals surface area contributed by atoms with Crippen LogP contribution in [0.2, 0.25) is 0 Å². The van der Waals surface area contributed by atoms with Crippen molar-refractivity contribution in [2.24, 2.45) is 0 Å². The first-order valence-electron chi connectivity index (χ1n) is 4.91. The molecule has 2 rings (SSSR count). The Hall–Kier alpha value is -1.55. The first-order chi connectivity index (χ1) is 7.58. The number of benzene rings is 1. The number of aromatic nitrogens is 2. The third-order valence-electron chi connectivity index (χ3n) is 2.38. The fourth-order valence-corrected chi connectivity index (χ4v) is 1.82. The summed E-state index contributed by atoms with van der Waals surface area (Å²) in [5, 5.41) is 0. The summed E-state index contributed by atoms with van der Waals surface area (Å²) in [5.41, 5.74) is 2.48. The van der Waals surface area contributed by atoms with E-state index in [1.165, 1.54) is 12.1 Å². The van der Waals surface area contributed by atoms with E-state index >= 15 is 0 Å². The molecule has 0 aliphatic rings. The molecule has 0 radical (unpaired) electrons. The summed E-state index contributed by atoms with van der Waals surface area (Å²) in [6.45, 7) is 3.71. The van der Waals surface area contributed by atoms with Crippen molar-refractivity contribution in [1.29, 1.82) is 0 Å². The van der Waals surface area contributed by atoms with Gasteiger partial charge in [0.1, 0.15) is 16.3 Å². The van der Waals surface area contributed by atoms with Crippen LogP contribution < -0.4 is 0 Å². The second kappa shape index (κ2) is 4.14. The maximum Gasteiger partial charge on any atom is 0.133 e. The van der Waals surface area contributed by atoms with Gasteiger partial charge in [-0.25, -0.2) is 9.37 Å². The first kappa shape index (κ1) is 11.0. The van der Waals surface area contributed by atoms with Crippen LogP contribution in [0.1, 0.15) is 11.4 Å². The van der Waals surface area contributed by atoms with Gasteiger partial charge in [-0.15, -0.1) is 0 Å². The normalized spacial score (nSPS) is 10.4. The Morgan fingerprint density at radius 3 is 2.75 bits per heavy atom. The van der Waals surface area contributed by atoms with Gasteiger partial charge in [0.05, 0.1) is 5.69 Å². The summed E-state index contributed by atoms with van der Waals surface area (Å²) in [7, 11) is 0. The van der Waals surface area contributed by atoms with Gasteiger partial charge in [-0.1, -0.05) is 24.4 Å². The zero-order chi connectivity index (χ0) is 11.7. The molecule has 2 aromatic rings. The van der Waals surface area contributed by atoms with Crippen molar-refractivity contribution < 1.29 is 4.39 Å². The lowest BCUT2D eigenvalue weighted by Crippen LogP contribution is -1.96. The third kappa shape index (κ3) is 2.02. The monoisotopic (exact) mass is 234 g/mol. The molecule has 0 aliphatic heterocycles. The van der Waals surface area contributed by atoms with Crippen LogP contribution in [0.5, 0.6) is 0 Å². The van der Waals surface area contributed by atoms with Crippen LogP contribution in [-0.4, -0.2) is 9.97 Å². The molecule has 0 bridgehead atoms. The van der Waals surface area contributed by atoms with E-state index in [1.807, 2.05) is 19.9 Å². The number of halogens is 1. The third-order valence-corrected chi connectivity index (χ3v) is 2.78. The Kier molecular flexibility index (Phi) is 2.83. The maximum atomic E-state index is 13.1. The molecule has 0 fully saturated rings. The first-order valence-corrected chi connectivity index (χ1v) is 5.32. The van der Waals surface area contributed by atoms with Crippen LogP contribution in [0, 0.1) is 24.3 Å². The van der Waals surface area contributed by atoms with Gasteiger partial charge in [-0.05, 0) is 26.0 Å². The van der Waals surface area contributed by atoms with Gasteiger partial charge < -0.3 is 4.98 Å². The molecule has 82 valence electrons. The highest BCUT2D eigenvalue weighted by Crippen LogP contribution is 2.21. The van der Waals surface area contributed by atoms with Crippen molar-refractivity contribution in [3.63, 3.8) is 0 Å². The second-order valence-electron chi connectivity index (χ2n) is 3.64. The Bertz CT molecular complexity index is 590. The van der Waals surface area contributed by atoms with Crippen LogP contribution in [0.3, 0.4) is 0 Å². The van der Waals surface area contributed by atoms with E-state index in [2.05, 4.69) is 9.97 Å². The summed E-state index contributed by atoms with van der Waals surface area (Å²) in [5.74, 6) is 0.473. The van der Waals surface area contributed by atoms with E-state index in [4.69, 9.17) is 12.2 Å². The number of H-pyrrole nitrogens is 1. The van der Waals surface area contributed by atoms with Crippen LogP contribution in [-0.2, 0) is 0 Å². The van der Waals surface area contributed by atoms with Crippen LogP contribution in [0.15, 0.2) is 24.3 Å². The molecule has 0 atom stereocenters. The molecule has 1 N–H and O–H groups in total. The Labute approximate surface area is 98.2 Å². The fraction of sp³-hybridized carbons (Fsp3) is 0.167. The molecule has 2 nitrogen and oxygen atoms in total. The largest absolute Gasteiger partial charge is 0.343 e. The number of nitrogens with one attached hydrogen (secondary N) is 1. The summed E-state index contributed by atoms with van der Waals surface area (Å²) < 4.78 is 13.7. The van der Waals surface area contributed by atoms with E-state index in [9.17, 15) is 4.39 Å². The second-order valence-corrected chi connectivity index (χ2v) is 4.02. The molecule has 0 amide bonds. The van der Waals surface area contributed by atoms with Gasteiger partial charge in [-0.2, -0.15) is 0 Å². The number of aromatic amines is 1. The van der Waals surface area contributed by atoms with Gasteiger partial charge >= 0.3 is 0 Å². The minimum Gasteiger partial charge on any atom is -0.343 e. The van der Waals surface area contributed by atoms with E-state index in [1.54, 1.807) is 6.07 Å². The van der Waals surface area contributed by atoms with E-state index < -0.39 is 0 Å². The summed E-state index contributed by atoms with van der Waals surface area (Å²) >= 11 is 5.14. The smallest absolute Gasteiger partial charge is 0.133 e. The van der Waals surface area contributed by atoms with Crippen molar-refractivity contribution in [3.8, 4) is 11.3 Å². The van der Waals surface area contributed by atoms with Crippen molar-refractivity contribution in [2.75, 3.05) is 0 Å². The molecule has 0 unspecified atom stereocenters. The molecule has 4 heteroatoms. The average molecular weight is 234 g/mol. The molecule has 0 saturated carbocycles. The van der Waals surface area contributed by atoms with E-state index in [0.29, 0.717) is 4.64 Å². The van der Waals surface area contributed by atoms with Crippen molar-refractivity contribution in [3.05, 3.63) is 46.1 Å². The van der Waals surface area contributed by atoms with Gasteiger partial charge in [0.15, 0.2) is 0 Å². The lowest BCUT2D eigenvalue weighted by molar-refractivity contribution is 0.628. The Morgan fingerprint density at radius 1 is 1.31 bits per heavy atom.